The summed E-state index contributed by atoms with van der Waals surface area (Å²) in [5, 5.41) is 18.3. The highest BCUT2D eigenvalue weighted by Gasteiger charge is 2.40. The third-order valence-corrected chi connectivity index (χ3v) is 5.00. The van der Waals surface area contributed by atoms with Crippen LogP contribution in [0, 0.1) is 5.92 Å². The van der Waals surface area contributed by atoms with Crippen LogP contribution in [0.5, 0.6) is 0 Å². The lowest BCUT2D eigenvalue weighted by Gasteiger charge is -2.33. The molecule has 4 rings (SSSR count). The van der Waals surface area contributed by atoms with E-state index in [1.54, 1.807) is 42.7 Å². The Morgan fingerprint density at radius 2 is 2.15 bits per heavy atom. The molecule has 1 amide bonds. The summed E-state index contributed by atoms with van der Waals surface area (Å²) in [6.07, 6.45) is 3.44. The number of nitrogens with one attached hydrogen (secondary N) is 3. The normalized spacial score (nSPS) is 18.5. The highest BCUT2D eigenvalue weighted by molar-refractivity contribution is 6.42. The SMILES string of the molecule is C=C1Nc2nnnn2C(c2ccc(Cl)c(Cl)c2)C1C(=O)Nc1ccc[nH+]c1. The minimum Gasteiger partial charge on any atom is -0.326 e. The summed E-state index contributed by atoms with van der Waals surface area (Å²) >= 11 is 12.2. The Bertz CT molecular complexity index is 1020. The zero-order valence-electron chi connectivity index (χ0n) is 13.9. The molecule has 10 heteroatoms. The van der Waals surface area contributed by atoms with Crippen molar-refractivity contribution in [2.75, 3.05) is 10.6 Å². The molecule has 0 spiro atoms. The van der Waals surface area contributed by atoms with Gasteiger partial charge in [0.2, 0.25) is 11.9 Å². The molecule has 3 heterocycles. The number of rotatable bonds is 3. The second-order valence-electron chi connectivity index (χ2n) is 5.97. The fraction of sp³-hybridized carbons (Fsp3) is 0.118. The van der Waals surface area contributed by atoms with Crippen molar-refractivity contribution >= 4 is 40.7 Å². The van der Waals surface area contributed by atoms with E-state index in [2.05, 4.69) is 37.7 Å². The number of tetrazole rings is 1. The number of anilines is 2. The number of carbonyl (C=O) groups excluding carboxylic acids is 1. The first kappa shape index (κ1) is 17.4. The lowest BCUT2D eigenvalue weighted by molar-refractivity contribution is -0.377. The quantitative estimate of drug-likeness (QED) is 0.701. The number of halogens is 2. The predicted octanol–water partition coefficient (Wildman–Crippen LogP) is 2.58. The van der Waals surface area contributed by atoms with Crippen LogP contribution in [0.25, 0.3) is 0 Å². The number of aromatic amines is 1. The van der Waals surface area contributed by atoms with E-state index in [0.717, 1.165) is 5.56 Å². The molecule has 1 aliphatic rings. The van der Waals surface area contributed by atoms with E-state index in [1.165, 1.54) is 4.68 Å². The van der Waals surface area contributed by atoms with Gasteiger partial charge in [-0.2, -0.15) is 0 Å². The van der Waals surface area contributed by atoms with Crippen molar-refractivity contribution < 1.29 is 9.78 Å². The van der Waals surface area contributed by atoms with Crippen LogP contribution in [0.1, 0.15) is 11.6 Å². The number of benzene rings is 1. The third-order valence-electron chi connectivity index (χ3n) is 4.26. The Morgan fingerprint density at radius 3 is 2.89 bits per heavy atom. The number of H-pyrrole nitrogens is 1. The monoisotopic (exact) mass is 402 g/mol. The van der Waals surface area contributed by atoms with Crippen LogP contribution in [0.3, 0.4) is 0 Å². The molecular weight excluding hydrogens is 389 g/mol. The van der Waals surface area contributed by atoms with Crippen molar-refractivity contribution in [2.45, 2.75) is 6.04 Å². The summed E-state index contributed by atoms with van der Waals surface area (Å²) in [5.74, 6) is -0.545. The van der Waals surface area contributed by atoms with Gasteiger partial charge < -0.3 is 10.6 Å². The fourth-order valence-electron chi connectivity index (χ4n) is 3.04. The topological polar surface area (TPSA) is 98.9 Å². The summed E-state index contributed by atoms with van der Waals surface area (Å²) in [6.45, 7) is 4.00. The molecule has 0 aliphatic carbocycles. The average Bonchev–Trinajstić information content (AvgIpc) is 3.11. The van der Waals surface area contributed by atoms with Crippen LogP contribution < -0.4 is 15.6 Å². The van der Waals surface area contributed by atoms with Gasteiger partial charge in [0.05, 0.1) is 16.1 Å². The molecule has 0 saturated heterocycles. The van der Waals surface area contributed by atoms with Gasteiger partial charge in [-0.05, 0) is 34.2 Å². The van der Waals surface area contributed by atoms with Crippen molar-refractivity contribution in [1.29, 1.82) is 0 Å². The maximum absolute atomic E-state index is 13.1. The van der Waals surface area contributed by atoms with E-state index in [1.807, 2.05) is 0 Å². The molecule has 8 nitrogen and oxygen atoms in total. The summed E-state index contributed by atoms with van der Waals surface area (Å²) < 4.78 is 1.54. The molecule has 0 radical (unpaired) electrons. The first-order valence-electron chi connectivity index (χ1n) is 8.00. The molecule has 27 heavy (non-hydrogen) atoms. The first-order chi connectivity index (χ1) is 13.0. The number of aromatic nitrogens is 5. The van der Waals surface area contributed by atoms with E-state index in [0.29, 0.717) is 27.4 Å². The van der Waals surface area contributed by atoms with E-state index in [9.17, 15) is 4.79 Å². The minimum absolute atomic E-state index is 0.260. The van der Waals surface area contributed by atoms with Crippen LogP contribution in [0.4, 0.5) is 11.6 Å². The van der Waals surface area contributed by atoms with E-state index < -0.39 is 12.0 Å². The van der Waals surface area contributed by atoms with Crippen LogP contribution in [-0.2, 0) is 4.79 Å². The fourth-order valence-corrected chi connectivity index (χ4v) is 3.35. The van der Waals surface area contributed by atoms with Crippen molar-refractivity contribution in [3.63, 3.8) is 0 Å². The summed E-state index contributed by atoms with van der Waals surface area (Å²) in [5.41, 5.74) is 1.84. The van der Waals surface area contributed by atoms with Gasteiger partial charge in [0.15, 0.2) is 12.4 Å². The van der Waals surface area contributed by atoms with Gasteiger partial charge in [0.1, 0.15) is 11.6 Å². The molecule has 136 valence electrons. The Labute approximate surface area is 164 Å². The molecule has 0 bridgehead atoms. The second-order valence-corrected chi connectivity index (χ2v) is 6.79. The average molecular weight is 403 g/mol. The molecule has 3 N–H and O–H groups in total. The number of hydrogen-bond donors (Lipinski definition) is 2. The molecule has 2 unspecified atom stereocenters. The smallest absolute Gasteiger partial charge is 0.247 e. The first-order valence-corrected chi connectivity index (χ1v) is 8.76. The zero-order valence-corrected chi connectivity index (χ0v) is 15.4. The van der Waals surface area contributed by atoms with Gasteiger partial charge in [-0.15, -0.1) is 0 Å². The molecule has 1 aromatic carbocycles. The number of hydrogen-bond acceptors (Lipinski definition) is 5. The number of fused-ring (bicyclic) bond motifs is 1. The molecule has 0 fully saturated rings. The zero-order chi connectivity index (χ0) is 19.0. The number of nitrogens with zero attached hydrogens (tertiary/aromatic N) is 4. The predicted molar refractivity (Wildman–Crippen MR) is 100 cm³/mol. The lowest BCUT2D eigenvalue weighted by atomic mass is 9.88. The number of pyridine rings is 1. The molecule has 0 saturated carbocycles. The van der Waals surface area contributed by atoms with Gasteiger partial charge in [0.25, 0.3) is 0 Å². The van der Waals surface area contributed by atoms with Gasteiger partial charge in [-0.1, -0.05) is 40.9 Å². The van der Waals surface area contributed by atoms with Crippen LogP contribution in [0.15, 0.2) is 55.0 Å². The maximum atomic E-state index is 13.1. The third kappa shape index (κ3) is 3.24. The Balaban J connectivity index is 1.76. The maximum Gasteiger partial charge on any atom is 0.247 e. The van der Waals surface area contributed by atoms with Crippen molar-refractivity contribution in [1.82, 2.24) is 20.2 Å². The van der Waals surface area contributed by atoms with Crippen LogP contribution >= 0.6 is 23.2 Å². The van der Waals surface area contributed by atoms with E-state index in [4.69, 9.17) is 23.2 Å². The minimum atomic E-state index is -0.682. The van der Waals surface area contributed by atoms with Gasteiger partial charge in [-0.25, -0.2) is 9.67 Å². The van der Waals surface area contributed by atoms with Crippen LogP contribution in [0.2, 0.25) is 10.0 Å². The Morgan fingerprint density at radius 1 is 1.30 bits per heavy atom. The van der Waals surface area contributed by atoms with Gasteiger partial charge >= 0.3 is 0 Å². The highest BCUT2D eigenvalue weighted by Crippen LogP contribution is 2.39. The van der Waals surface area contributed by atoms with E-state index in [-0.39, 0.29) is 5.91 Å². The van der Waals surface area contributed by atoms with Crippen LogP contribution in [-0.4, -0.2) is 26.1 Å². The standard InChI is InChI=1S/C17H13Cl2N7O/c1-9-14(16(27)22-11-3-2-6-20-8-11)15(26-17(21-9)23-24-25-26)10-4-5-12(18)13(19)7-10/h2-8,14-15H,1H2,(H,22,27)(H,21,23,25)/p+1. The Kier molecular flexibility index (Phi) is 4.51. The van der Waals surface area contributed by atoms with Gasteiger partial charge in [0, 0.05) is 11.8 Å². The van der Waals surface area contributed by atoms with Crippen molar-refractivity contribution in [2.24, 2.45) is 5.92 Å². The number of amides is 1. The highest BCUT2D eigenvalue weighted by atomic mass is 35.5. The molecule has 2 atom stereocenters. The molecule has 3 aromatic rings. The number of carbonyl (C=O) groups is 1. The van der Waals surface area contributed by atoms with Gasteiger partial charge in [-0.3, -0.25) is 4.79 Å². The largest absolute Gasteiger partial charge is 0.326 e. The summed E-state index contributed by atoms with van der Waals surface area (Å²) in [7, 11) is 0. The lowest BCUT2D eigenvalue weighted by Crippen LogP contribution is -2.39. The molecular formula is C17H14Cl2N7O+. The Hall–Kier alpha value is -2.97. The summed E-state index contributed by atoms with van der Waals surface area (Å²) in [6, 6.07) is 8.21. The van der Waals surface area contributed by atoms with Crippen molar-refractivity contribution in [3.05, 3.63) is 70.6 Å². The van der Waals surface area contributed by atoms with E-state index >= 15 is 0 Å². The molecule has 1 aliphatic heterocycles. The summed E-state index contributed by atoms with van der Waals surface area (Å²) in [4.78, 5) is 16.0. The second kappa shape index (κ2) is 6.98. The molecule has 2 aromatic heterocycles. The van der Waals surface area contributed by atoms with Crippen molar-refractivity contribution in [3.8, 4) is 0 Å².